The van der Waals surface area contributed by atoms with Crippen molar-refractivity contribution in [3.05, 3.63) is 53.2 Å². The second-order valence-electron chi connectivity index (χ2n) is 5.96. The molecule has 0 saturated carbocycles. The van der Waals surface area contributed by atoms with Gasteiger partial charge >= 0.3 is 0 Å². The molecule has 0 unspecified atom stereocenters. The summed E-state index contributed by atoms with van der Waals surface area (Å²) in [6, 6.07) is 8.90. The van der Waals surface area contributed by atoms with Gasteiger partial charge in [-0.25, -0.2) is 4.39 Å². The number of halogens is 1. The van der Waals surface area contributed by atoms with Crippen LogP contribution in [-0.4, -0.2) is 36.4 Å². The van der Waals surface area contributed by atoms with Crippen molar-refractivity contribution in [3.63, 3.8) is 0 Å². The van der Waals surface area contributed by atoms with Crippen molar-refractivity contribution in [1.82, 2.24) is 10.1 Å². The standard InChI is InChI=1S/C17H21FN2O2/c1-12-7-15(22-19-12)8-14-10-20(11-17(14)21-2)9-13-5-3-4-6-16(13)18/h3-7,14,17H,8-11H2,1-2H3/t14-,17+/m1/s1. The molecule has 1 aromatic carbocycles. The second-order valence-corrected chi connectivity index (χ2v) is 5.96. The minimum absolute atomic E-state index is 0.136. The monoisotopic (exact) mass is 304 g/mol. The van der Waals surface area contributed by atoms with E-state index in [9.17, 15) is 4.39 Å². The lowest BCUT2D eigenvalue weighted by Gasteiger charge is -2.15. The van der Waals surface area contributed by atoms with Crippen LogP contribution in [0.5, 0.6) is 0 Å². The van der Waals surface area contributed by atoms with Gasteiger partial charge in [0.25, 0.3) is 0 Å². The van der Waals surface area contributed by atoms with Crippen LogP contribution in [0.2, 0.25) is 0 Å². The van der Waals surface area contributed by atoms with Crippen LogP contribution in [0.4, 0.5) is 4.39 Å². The van der Waals surface area contributed by atoms with E-state index in [-0.39, 0.29) is 11.9 Å². The molecule has 3 rings (SSSR count). The number of ether oxygens (including phenoxy) is 1. The average molecular weight is 304 g/mol. The maximum Gasteiger partial charge on any atom is 0.137 e. The highest BCUT2D eigenvalue weighted by Crippen LogP contribution is 2.25. The Kier molecular flexibility index (Phi) is 4.55. The summed E-state index contributed by atoms with van der Waals surface area (Å²) in [7, 11) is 1.73. The molecular formula is C17H21FN2O2. The zero-order valence-electron chi connectivity index (χ0n) is 13.0. The molecule has 2 aromatic rings. The van der Waals surface area contributed by atoms with Gasteiger partial charge in [-0.3, -0.25) is 4.90 Å². The Hall–Kier alpha value is -1.72. The zero-order chi connectivity index (χ0) is 15.5. The van der Waals surface area contributed by atoms with Gasteiger partial charge in [0.2, 0.25) is 0 Å². The number of benzene rings is 1. The van der Waals surface area contributed by atoms with Gasteiger partial charge in [0.1, 0.15) is 11.6 Å². The Morgan fingerprint density at radius 1 is 1.36 bits per heavy atom. The summed E-state index contributed by atoms with van der Waals surface area (Å²) in [5.41, 5.74) is 1.62. The quantitative estimate of drug-likeness (QED) is 0.851. The molecule has 0 amide bonds. The SMILES string of the molecule is CO[C@H]1CN(Cc2ccccc2F)C[C@H]1Cc1cc(C)no1. The van der Waals surface area contributed by atoms with E-state index in [1.54, 1.807) is 13.2 Å². The predicted octanol–water partition coefficient (Wildman–Crippen LogP) is 2.81. The first kappa shape index (κ1) is 15.2. The average Bonchev–Trinajstić information content (AvgIpc) is 3.08. The van der Waals surface area contributed by atoms with Crippen LogP contribution in [0.1, 0.15) is 17.0 Å². The summed E-state index contributed by atoms with van der Waals surface area (Å²) in [5.74, 6) is 1.08. The van der Waals surface area contributed by atoms with E-state index in [0.717, 1.165) is 36.5 Å². The first-order valence-electron chi connectivity index (χ1n) is 7.56. The third kappa shape index (κ3) is 3.36. The molecule has 1 aliphatic rings. The number of hydrogen-bond donors (Lipinski definition) is 0. The van der Waals surface area contributed by atoms with Gasteiger partial charge in [-0.1, -0.05) is 23.4 Å². The van der Waals surface area contributed by atoms with Crippen molar-refractivity contribution in [2.75, 3.05) is 20.2 Å². The molecule has 0 spiro atoms. The van der Waals surface area contributed by atoms with E-state index in [1.807, 2.05) is 25.1 Å². The van der Waals surface area contributed by atoms with Crippen LogP contribution in [0.3, 0.4) is 0 Å². The molecule has 118 valence electrons. The van der Waals surface area contributed by atoms with Crippen molar-refractivity contribution in [3.8, 4) is 0 Å². The highest BCUT2D eigenvalue weighted by molar-refractivity contribution is 5.17. The largest absolute Gasteiger partial charge is 0.380 e. The highest BCUT2D eigenvalue weighted by Gasteiger charge is 2.33. The van der Waals surface area contributed by atoms with E-state index in [0.29, 0.717) is 12.5 Å². The van der Waals surface area contributed by atoms with Gasteiger partial charge in [-0.05, 0) is 13.0 Å². The number of methoxy groups -OCH3 is 1. The molecule has 0 N–H and O–H groups in total. The lowest BCUT2D eigenvalue weighted by atomic mass is 10.0. The van der Waals surface area contributed by atoms with E-state index >= 15 is 0 Å². The minimum atomic E-state index is -0.147. The van der Waals surface area contributed by atoms with Crippen molar-refractivity contribution in [2.45, 2.75) is 26.0 Å². The molecule has 0 radical (unpaired) electrons. The van der Waals surface area contributed by atoms with Crippen LogP contribution in [0.15, 0.2) is 34.9 Å². The molecule has 5 heteroatoms. The topological polar surface area (TPSA) is 38.5 Å². The third-order valence-electron chi connectivity index (χ3n) is 4.25. The van der Waals surface area contributed by atoms with Crippen molar-refractivity contribution < 1.29 is 13.7 Å². The van der Waals surface area contributed by atoms with Gasteiger partial charge in [-0.2, -0.15) is 0 Å². The summed E-state index contributed by atoms with van der Waals surface area (Å²) in [5, 5.41) is 3.93. The van der Waals surface area contributed by atoms with Crippen molar-refractivity contribution in [2.24, 2.45) is 5.92 Å². The lowest BCUT2D eigenvalue weighted by molar-refractivity contribution is 0.0761. The number of rotatable bonds is 5. The molecule has 2 heterocycles. The molecule has 2 atom stereocenters. The van der Waals surface area contributed by atoms with Crippen molar-refractivity contribution >= 4 is 0 Å². The number of likely N-dealkylation sites (tertiary alicyclic amines) is 1. The van der Waals surface area contributed by atoms with Gasteiger partial charge in [0.15, 0.2) is 0 Å². The van der Waals surface area contributed by atoms with Crippen LogP contribution >= 0.6 is 0 Å². The Morgan fingerprint density at radius 2 is 2.18 bits per heavy atom. The molecule has 0 aliphatic carbocycles. The Labute approximate surface area is 129 Å². The molecule has 1 fully saturated rings. The van der Waals surface area contributed by atoms with E-state index < -0.39 is 0 Å². The first-order valence-corrected chi connectivity index (χ1v) is 7.56. The van der Waals surface area contributed by atoms with Gasteiger partial charge in [0, 0.05) is 50.7 Å². The zero-order valence-corrected chi connectivity index (χ0v) is 13.0. The number of nitrogens with zero attached hydrogens (tertiary/aromatic N) is 2. The Balaban J connectivity index is 1.65. The highest BCUT2D eigenvalue weighted by atomic mass is 19.1. The normalized spacial score (nSPS) is 22.3. The fourth-order valence-electron chi connectivity index (χ4n) is 3.16. The van der Waals surface area contributed by atoms with Crippen LogP contribution in [-0.2, 0) is 17.7 Å². The van der Waals surface area contributed by atoms with Crippen molar-refractivity contribution in [1.29, 1.82) is 0 Å². The molecule has 0 bridgehead atoms. The van der Waals surface area contributed by atoms with Crippen LogP contribution in [0.25, 0.3) is 0 Å². The van der Waals surface area contributed by atoms with E-state index in [1.165, 1.54) is 6.07 Å². The van der Waals surface area contributed by atoms with E-state index in [2.05, 4.69) is 10.1 Å². The molecule has 1 saturated heterocycles. The smallest absolute Gasteiger partial charge is 0.137 e. The molecule has 22 heavy (non-hydrogen) atoms. The summed E-state index contributed by atoms with van der Waals surface area (Å²) in [6.45, 7) is 4.20. The summed E-state index contributed by atoms with van der Waals surface area (Å²) < 4.78 is 24.7. The first-order chi connectivity index (χ1) is 10.7. The fourth-order valence-corrected chi connectivity index (χ4v) is 3.16. The fraction of sp³-hybridized carbons (Fsp3) is 0.471. The van der Waals surface area contributed by atoms with Crippen LogP contribution < -0.4 is 0 Å². The Morgan fingerprint density at radius 3 is 2.86 bits per heavy atom. The summed E-state index contributed by atoms with van der Waals surface area (Å²) in [4.78, 5) is 2.24. The number of hydrogen-bond acceptors (Lipinski definition) is 4. The maximum absolute atomic E-state index is 13.8. The van der Waals surface area contributed by atoms with Gasteiger partial charge in [-0.15, -0.1) is 0 Å². The minimum Gasteiger partial charge on any atom is -0.380 e. The predicted molar refractivity (Wildman–Crippen MR) is 80.9 cm³/mol. The molecule has 1 aromatic heterocycles. The van der Waals surface area contributed by atoms with Crippen LogP contribution in [0, 0.1) is 18.7 Å². The summed E-state index contributed by atoms with van der Waals surface area (Å²) >= 11 is 0. The molecular weight excluding hydrogens is 283 g/mol. The Bertz CT molecular complexity index is 629. The number of aromatic nitrogens is 1. The molecule has 4 nitrogen and oxygen atoms in total. The summed E-state index contributed by atoms with van der Waals surface area (Å²) in [6.07, 6.45) is 0.935. The maximum atomic E-state index is 13.8. The number of aryl methyl sites for hydroxylation is 1. The lowest BCUT2D eigenvalue weighted by Crippen LogP contribution is -2.23. The third-order valence-corrected chi connectivity index (χ3v) is 4.25. The van der Waals surface area contributed by atoms with Gasteiger partial charge in [0.05, 0.1) is 11.8 Å². The second kappa shape index (κ2) is 6.58. The molecule has 1 aliphatic heterocycles. The van der Waals surface area contributed by atoms with E-state index in [4.69, 9.17) is 9.26 Å². The van der Waals surface area contributed by atoms with Gasteiger partial charge < -0.3 is 9.26 Å².